The fourth-order valence-corrected chi connectivity index (χ4v) is 5.38. The van der Waals surface area contributed by atoms with Gasteiger partial charge in [-0.3, -0.25) is 9.59 Å². The summed E-state index contributed by atoms with van der Waals surface area (Å²) in [6.07, 6.45) is 1.97. The van der Waals surface area contributed by atoms with E-state index in [2.05, 4.69) is 43.4 Å². The molecule has 0 unspecified atom stereocenters. The highest BCUT2D eigenvalue weighted by molar-refractivity contribution is 9.10. The van der Waals surface area contributed by atoms with Crippen LogP contribution in [-0.2, 0) is 13.0 Å². The lowest BCUT2D eigenvalue weighted by Gasteiger charge is -2.25. The lowest BCUT2D eigenvalue weighted by molar-refractivity contribution is 0.0784. The molecule has 0 spiro atoms. The van der Waals surface area contributed by atoms with Crippen LogP contribution >= 0.6 is 27.3 Å². The zero-order valence-corrected chi connectivity index (χ0v) is 24.5. The maximum atomic E-state index is 13.4. The molecule has 0 saturated heterocycles. The molecule has 1 aliphatic carbocycles. The first-order valence-corrected chi connectivity index (χ1v) is 14.6. The summed E-state index contributed by atoms with van der Waals surface area (Å²) in [4.78, 5) is 32.6. The summed E-state index contributed by atoms with van der Waals surface area (Å²) >= 11 is 4.96. The predicted octanol–water partition coefficient (Wildman–Crippen LogP) is 4.19. The van der Waals surface area contributed by atoms with Gasteiger partial charge >= 0.3 is 0 Å². The molecule has 7 nitrogen and oxygen atoms in total. The number of amides is 2. The second-order valence-corrected chi connectivity index (χ2v) is 11.7. The Balaban J connectivity index is 1.44. The van der Waals surface area contributed by atoms with Gasteiger partial charge in [0.25, 0.3) is 11.8 Å². The van der Waals surface area contributed by atoms with Crippen molar-refractivity contribution in [2.45, 2.75) is 44.9 Å². The van der Waals surface area contributed by atoms with E-state index in [1.54, 1.807) is 30.1 Å². The molecule has 2 atom stereocenters. The number of hydrogen-bond acceptors (Lipinski definition) is 6. The van der Waals surface area contributed by atoms with Gasteiger partial charge in [0.05, 0.1) is 25.2 Å². The van der Waals surface area contributed by atoms with Crippen molar-refractivity contribution in [3.63, 3.8) is 0 Å². The molecule has 0 aliphatic heterocycles. The fourth-order valence-electron chi connectivity index (χ4n) is 4.07. The Morgan fingerprint density at radius 2 is 1.95 bits per heavy atom. The van der Waals surface area contributed by atoms with Crippen molar-refractivity contribution < 1.29 is 14.7 Å². The number of carbonyl (C=O) groups excluding carboxylic acids is 2. The first-order valence-electron chi connectivity index (χ1n) is 13.0. The molecule has 0 bridgehead atoms. The third-order valence-corrected chi connectivity index (χ3v) is 7.73. The number of hydrogen-bond donors (Lipinski definition) is 3. The average molecular weight is 610 g/mol. The van der Waals surface area contributed by atoms with Crippen molar-refractivity contribution in [2.24, 2.45) is 5.92 Å². The van der Waals surface area contributed by atoms with Gasteiger partial charge in [0.2, 0.25) is 0 Å². The molecule has 2 amide bonds. The van der Waals surface area contributed by atoms with Crippen molar-refractivity contribution in [3.05, 3.63) is 85.8 Å². The number of nitrogens with one attached hydrogen (secondary N) is 2. The topological polar surface area (TPSA) is 94.6 Å². The van der Waals surface area contributed by atoms with Crippen LogP contribution in [0.1, 0.15) is 49.8 Å². The van der Waals surface area contributed by atoms with Crippen molar-refractivity contribution in [3.8, 4) is 11.8 Å². The number of carbonyl (C=O) groups is 2. The molecule has 4 rings (SSSR count). The summed E-state index contributed by atoms with van der Waals surface area (Å²) in [6, 6.07) is 14.2. The average Bonchev–Trinajstić information content (AvgIpc) is 3.66. The van der Waals surface area contributed by atoms with E-state index in [9.17, 15) is 14.7 Å². The van der Waals surface area contributed by atoms with E-state index in [0.29, 0.717) is 47.6 Å². The van der Waals surface area contributed by atoms with Gasteiger partial charge in [0.15, 0.2) is 0 Å². The van der Waals surface area contributed by atoms with Gasteiger partial charge in [-0.25, -0.2) is 4.98 Å². The van der Waals surface area contributed by atoms with E-state index in [1.807, 2.05) is 42.6 Å². The van der Waals surface area contributed by atoms with Gasteiger partial charge in [0.1, 0.15) is 5.01 Å². The summed E-state index contributed by atoms with van der Waals surface area (Å²) in [5, 5.41) is 20.0. The molecule has 1 heterocycles. The molecule has 9 heteroatoms. The molecular formula is C30H33BrN4O3S. The molecule has 0 radical (unpaired) electrons. The Morgan fingerprint density at radius 3 is 2.64 bits per heavy atom. The highest BCUT2D eigenvalue weighted by Crippen LogP contribution is 2.27. The fraction of sp³-hybridized carbons (Fsp3) is 0.367. The molecule has 3 aromatic rings. The molecule has 204 valence electrons. The lowest BCUT2D eigenvalue weighted by atomic mass is 10.00. The lowest BCUT2D eigenvalue weighted by Crippen LogP contribution is -2.48. The highest BCUT2D eigenvalue weighted by atomic mass is 79.9. The number of aliphatic hydroxyl groups excluding tert-OH is 1. The van der Waals surface area contributed by atoms with Crippen LogP contribution in [0.4, 0.5) is 0 Å². The molecular weight excluding hydrogens is 576 g/mol. The van der Waals surface area contributed by atoms with Gasteiger partial charge in [0, 0.05) is 46.2 Å². The molecule has 39 heavy (non-hydrogen) atoms. The van der Waals surface area contributed by atoms with E-state index in [-0.39, 0.29) is 11.8 Å². The van der Waals surface area contributed by atoms with E-state index >= 15 is 0 Å². The number of aryl methyl sites for hydroxylation is 1. The maximum Gasteiger partial charge on any atom is 0.254 e. The van der Waals surface area contributed by atoms with Crippen LogP contribution in [0.25, 0.3) is 0 Å². The van der Waals surface area contributed by atoms with Crippen LogP contribution < -0.4 is 10.6 Å². The Kier molecular flexibility index (Phi) is 10.3. The van der Waals surface area contributed by atoms with Crippen LogP contribution in [0.15, 0.2) is 58.4 Å². The minimum Gasteiger partial charge on any atom is -0.390 e. The van der Waals surface area contributed by atoms with Crippen LogP contribution in [0, 0.1) is 24.7 Å². The normalized spacial score (nSPS) is 14.2. The summed E-state index contributed by atoms with van der Waals surface area (Å²) in [6.45, 7) is 3.09. The highest BCUT2D eigenvalue weighted by Gasteiger charge is 2.24. The number of aliphatic hydroxyl groups is 1. The standard InChI is InChI=1S/C30H33BrN4O3S/c1-20-19-39-28(33-20)18-35(2)30(38)24-14-23(15-25(31)16-24)29(37)34-26(13-22-7-4-3-5-8-22)27(36)17-32-12-6-9-21-10-11-21/h3-5,7-8,14-16,19,21,26-27,32,36H,10-13,17-18H2,1-2H3,(H,34,37)/t26-,27+/m0/s1. The van der Waals surface area contributed by atoms with Crippen LogP contribution in [0.2, 0.25) is 0 Å². The zero-order valence-electron chi connectivity index (χ0n) is 22.1. The van der Waals surface area contributed by atoms with Crippen LogP contribution in [0.5, 0.6) is 0 Å². The first kappa shape index (κ1) is 29.0. The first-order chi connectivity index (χ1) is 18.8. The summed E-state index contributed by atoms with van der Waals surface area (Å²) in [7, 11) is 1.72. The third kappa shape index (κ3) is 9.01. The molecule has 1 fully saturated rings. The van der Waals surface area contributed by atoms with Gasteiger partial charge < -0.3 is 20.6 Å². The number of nitrogens with zero attached hydrogens (tertiary/aromatic N) is 2. The van der Waals surface area contributed by atoms with Gasteiger partial charge in [-0.2, -0.15) is 0 Å². The Labute approximate surface area is 242 Å². The van der Waals surface area contributed by atoms with Gasteiger partial charge in [-0.1, -0.05) is 58.1 Å². The molecule has 2 aromatic carbocycles. The zero-order chi connectivity index (χ0) is 27.8. The number of benzene rings is 2. The maximum absolute atomic E-state index is 13.4. The number of halogens is 1. The molecule has 3 N–H and O–H groups in total. The quantitative estimate of drug-likeness (QED) is 0.224. The van der Waals surface area contributed by atoms with E-state index in [1.165, 1.54) is 24.2 Å². The number of rotatable bonds is 11. The van der Waals surface area contributed by atoms with Gasteiger partial charge in [-0.05, 0) is 49.9 Å². The van der Waals surface area contributed by atoms with E-state index in [4.69, 9.17) is 0 Å². The van der Waals surface area contributed by atoms with E-state index in [0.717, 1.165) is 16.3 Å². The third-order valence-electron chi connectivity index (χ3n) is 6.32. The second-order valence-electron chi connectivity index (χ2n) is 9.84. The van der Waals surface area contributed by atoms with Crippen molar-refractivity contribution in [2.75, 3.05) is 20.1 Å². The SMILES string of the molecule is Cc1csc(CN(C)C(=O)c2cc(Br)cc(C(=O)N[C@@H](Cc3ccccc3)[C@H](O)CNCC#CC3CC3)c2)n1. The monoisotopic (exact) mass is 608 g/mol. The summed E-state index contributed by atoms with van der Waals surface area (Å²) in [5.74, 6) is 6.25. The van der Waals surface area contributed by atoms with Crippen molar-refractivity contribution in [1.82, 2.24) is 20.5 Å². The minimum absolute atomic E-state index is 0.212. The smallest absolute Gasteiger partial charge is 0.254 e. The van der Waals surface area contributed by atoms with Crippen LogP contribution in [0.3, 0.4) is 0 Å². The minimum atomic E-state index is -0.835. The Bertz CT molecular complexity index is 1350. The molecule has 1 aromatic heterocycles. The van der Waals surface area contributed by atoms with Crippen molar-refractivity contribution in [1.29, 1.82) is 0 Å². The van der Waals surface area contributed by atoms with Crippen LogP contribution in [-0.4, -0.2) is 59.1 Å². The predicted molar refractivity (Wildman–Crippen MR) is 158 cm³/mol. The molecule has 1 saturated carbocycles. The largest absolute Gasteiger partial charge is 0.390 e. The Hall–Kier alpha value is -3.03. The van der Waals surface area contributed by atoms with Crippen molar-refractivity contribution >= 4 is 39.1 Å². The van der Waals surface area contributed by atoms with E-state index < -0.39 is 12.1 Å². The summed E-state index contributed by atoms with van der Waals surface area (Å²) < 4.78 is 0.619. The summed E-state index contributed by atoms with van der Waals surface area (Å²) in [5.41, 5.74) is 2.64. The Morgan fingerprint density at radius 1 is 1.21 bits per heavy atom. The van der Waals surface area contributed by atoms with Gasteiger partial charge in [-0.15, -0.1) is 11.3 Å². The number of aromatic nitrogens is 1. The number of thiazole rings is 1. The second kappa shape index (κ2) is 13.9. The molecule has 1 aliphatic rings.